The first kappa shape index (κ1) is 26.4. The Morgan fingerprint density at radius 3 is 2.00 bits per heavy atom. The van der Waals surface area contributed by atoms with E-state index in [0.29, 0.717) is 37.7 Å². The van der Waals surface area contributed by atoms with Crippen molar-refractivity contribution in [3.8, 4) is 11.5 Å². The summed E-state index contributed by atoms with van der Waals surface area (Å²) in [7, 11) is -0.236. The third kappa shape index (κ3) is 7.32. The summed E-state index contributed by atoms with van der Waals surface area (Å²) in [6.45, 7) is 2.90. The van der Waals surface area contributed by atoms with Gasteiger partial charge in [0.15, 0.2) is 0 Å². The molecule has 0 saturated carbocycles. The molecule has 2 aromatic carbocycles. The molecule has 0 spiro atoms. The standard InChI is InChI=1S/C19H23ClN2O4S.C2H2O4/c1-25-17-6-3-15(19(13-17)26-2)14-21-9-11-22(12-10-21)27(23,24)18-7-4-16(20)5-8-18;3-1(4)2(5)6/h3-8,13H,9-12,14H2,1-2H3;(H,3,4)(H,5,6). The second-order valence-electron chi connectivity index (χ2n) is 6.92. The number of sulfonamides is 1. The minimum absolute atomic E-state index is 0.275. The van der Waals surface area contributed by atoms with Crippen LogP contribution in [-0.4, -0.2) is 80.2 Å². The molecule has 1 fully saturated rings. The smallest absolute Gasteiger partial charge is 0.414 e. The number of aliphatic carboxylic acids is 2. The number of rotatable bonds is 6. The van der Waals surface area contributed by atoms with Gasteiger partial charge in [-0.1, -0.05) is 17.7 Å². The average molecular weight is 501 g/mol. The van der Waals surface area contributed by atoms with Crippen molar-refractivity contribution in [2.45, 2.75) is 11.4 Å². The largest absolute Gasteiger partial charge is 0.497 e. The van der Waals surface area contributed by atoms with E-state index in [9.17, 15) is 8.42 Å². The number of benzene rings is 2. The summed E-state index contributed by atoms with van der Waals surface area (Å²) in [6, 6.07) is 12.0. The number of piperazine rings is 1. The first-order valence-corrected chi connectivity index (χ1v) is 11.6. The van der Waals surface area contributed by atoms with Gasteiger partial charge >= 0.3 is 11.9 Å². The molecular weight excluding hydrogens is 476 g/mol. The van der Waals surface area contributed by atoms with Crippen molar-refractivity contribution >= 4 is 33.6 Å². The molecule has 0 radical (unpaired) electrons. The van der Waals surface area contributed by atoms with Crippen LogP contribution in [0.25, 0.3) is 0 Å². The predicted molar refractivity (Wildman–Crippen MR) is 120 cm³/mol. The van der Waals surface area contributed by atoms with E-state index in [1.807, 2.05) is 18.2 Å². The van der Waals surface area contributed by atoms with E-state index in [0.717, 1.165) is 17.1 Å². The third-order valence-corrected chi connectivity index (χ3v) is 7.02. The van der Waals surface area contributed by atoms with Gasteiger partial charge in [0, 0.05) is 49.4 Å². The lowest BCUT2D eigenvalue weighted by molar-refractivity contribution is -0.159. The summed E-state index contributed by atoms with van der Waals surface area (Å²) in [5, 5.41) is 15.3. The Labute approximate surface area is 196 Å². The maximum Gasteiger partial charge on any atom is 0.414 e. The molecule has 180 valence electrons. The number of carboxylic acids is 2. The van der Waals surface area contributed by atoms with E-state index in [-0.39, 0.29) is 4.90 Å². The Bertz CT molecular complexity index is 1060. The number of ether oxygens (including phenoxy) is 2. The molecule has 0 aliphatic carbocycles. The maximum absolute atomic E-state index is 12.8. The van der Waals surface area contributed by atoms with Crippen molar-refractivity contribution in [3.63, 3.8) is 0 Å². The van der Waals surface area contributed by atoms with Crippen LogP contribution in [0, 0.1) is 0 Å². The van der Waals surface area contributed by atoms with E-state index in [1.54, 1.807) is 38.5 Å². The quantitative estimate of drug-likeness (QED) is 0.571. The van der Waals surface area contributed by atoms with E-state index in [4.69, 9.17) is 40.9 Å². The SMILES string of the molecule is COc1ccc(CN2CCN(S(=O)(=O)c3ccc(Cl)cc3)CC2)c(OC)c1.O=C(O)C(=O)O. The van der Waals surface area contributed by atoms with Gasteiger partial charge in [0.05, 0.1) is 19.1 Å². The minimum atomic E-state index is -3.49. The Balaban J connectivity index is 0.000000569. The zero-order valence-corrected chi connectivity index (χ0v) is 19.7. The van der Waals surface area contributed by atoms with Gasteiger partial charge in [-0.25, -0.2) is 18.0 Å². The number of halogens is 1. The third-order valence-electron chi connectivity index (χ3n) is 4.85. The molecule has 10 nitrogen and oxygen atoms in total. The highest BCUT2D eigenvalue weighted by molar-refractivity contribution is 7.89. The number of methoxy groups -OCH3 is 2. The van der Waals surface area contributed by atoms with Crippen LogP contribution >= 0.6 is 11.6 Å². The minimum Gasteiger partial charge on any atom is -0.497 e. The highest BCUT2D eigenvalue weighted by Crippen LogP contribution is 2.26. The van der Waals surface area contributed by atoms with Crippen LogP contribution in [0.4, 0.5) is 0 Å². The van der Waals surface area contributed by atoms with Gasteiger partial charge in [0.25, 0.3) is 0 Å². The number of hydrogen-bond donors (Lipinski definition) is 2. The van der Waals surface area contributed by atoms with E-state index >= 15 is 0 Å². The molecule has 1 aliphatic rings. The number of hydrogen-bond acceptors (Lipinski definition) is 7. The van der Waals surface area contributed by atoms with E-state index in [1.165, 1.54) is 4.31 Å². The van der Waals surface area contributed by atoms with Gasteiger partial charge in [0.2, 0.25) is 10.0 Å². The van der Waals surface area contributed by atoms with Gasteiger partial charge in [-0.2, -0.15) is 4.31 Å². The van der Waals surface area contributed by atoms with E-state index in [2.05, 4.69) is 4.90 Å². The fourth-order valence-electron chi connectivity index (χ4n) is 3.11. The monoisotopic (exact) mass is 500 g/mol. The van der Waals surface area contributed by atoms with Gasteiger partial charge in [-0.05, 0) is 30.3 Å². The lowest BCUT2D eigenvalue weighted by atomic mass is 10.1. The molecule has 2 N–H and O–H groups in total. The second-order valence-corrected chi connectivity index (χ2v) is 9.30. The van der Waals surface area contributed by atoms with Crippen LogP contribution in [0.5, 0.6) is 11.5 Å². The molecule has 33 heavy (non-hydrogen) atoms. The predicted octanol–water partition coefficient (Wildman–Crippen LogP) is 2.02. The van der Waals surface area contributed by atoms with Crippen molar-refractivity contribution < 1.29 is 37.7 Å². The fraction of sp³-hybridized carbons (Fsp3) is 0.333. The van der Waals surface area contributed by atoms with Gasteiger partial charge in [-0.3, -0.25) is 4.90 Å². The summed E-state index contributed by atoms with van der Waals surface area (Å²) in [6.07, 6.45) is 0. The summed E-state index contributed by atoms with van der Waals surface area (Å²) in [5.41, 5.74) is 1.05. The van der Waals surface area contributed by atoms with Crippen LogP contribution in [0.3, 0.4) is 0 Å². The molecule has 12 heteroatoms. The Morgan fingerprint density at radius 1 is 0.939 bits per heavy atom. The van der Waals surface area contributed by atoms with E-state index < -0.39 is 22.0 Å². The average Bonchev–Trinajstić information content (AvgIpc) is 2.80. The number of carbonyl (C=O) groups is 2. The Hall–Kier alpha value is -2.86. The van der Waals surface area contributed by atoms with Crippen LogP contribution in [0.2, 0.25) is 5.02 Å². The number of nitrogens with zero attached hydrogens (tertiary/aromatic N) is 2. The van der Waals surface area contributed by atoms with Crippen molar-refractivity contribution in [2.75, 3.05) is 40.4 Å². The molecule has 1 saturated heterocycles. The normalized spacial score (nSPS) is 14.6. The lowest BCUT2D eigenvalue weighted by Gasteiger charge is -2.34. The van der Waals surface area contributed by atoms with Crippen LogP contribution in [-0.2, 0) is 26.2 Å². The van der Waals surface area contributed by atoms with Crippen LogP contribution < -0.4 is 9.47 Å². The molecule has 0 bridgehead atoms. The lowest BCUT2D eigenvalue weighted by Crippen LogP contribution is -2.48. The topological polar surface area (TPSA) is 134 Å². The molecule has 3 rings (SSSR count). The molecule has 1 aliphatic heterocycles. The molecular formula is C21H25ClN2O8S. The zero-order chi connectivity index (χ0) is 24.6. The summed E-state index contributed by atoms with van der Waals surface area (Å²) >= 11 is 5.85. The molecule has 0 aromatic heterocycles. The fourth-order valence-corrected chi connectivity index (χ4v) is 4.66. The zero-order valence-electron chi connectivity index (χ0n) is 18.1. The Morgan fingerprint density at radius 2 is 1.52 bits per heavy atom. The first-order chi connectivity index (χ1) is 15.6. The summed E-state index contributed by atoms with van der Waals surface area (Å²) in [4.78, 5) is 20.7. The first-order valence-electron chi connectivity index (χ1n) is 9.73. The summed E-state index contributed by atoms with van der Waals surface area (Å²) in [5.74, 6) is -2.13. The second kappa shape index (κ2) is 11.8. The molecule has 0 atom stereocenters. The van der Waals surface area contributed by atoms with Crippen molar-refractivity contribution in [1.82, 2.24) is 9.21 Å². The molecule has 0 amide bonds. The maximum atomic E-state index is 12.8. The highest BCUT2D eigenvalue weighted by Gasteiger charge is 2.28. The van der Waals surface area contributed by atoms with Gasteiger partial charge < -0.3 is 19.7 Å². The highest BCUT2D eigenvalue weighted by atomic mass is 35.5. The Kier molecular flexibility index (Phi) is 9.47. The molecule has 2 aromatic rings. The van der Waals surface area contributed by atoms with Crippen LogP contribution in [0.1, 0.15) is 5.56 Å². The summed E-state index contributed by atoms with van der Waals surface area (Å²) < 4.78 is 37.7. The van der Waals surface area contributed by atoms with Gasteiger partial charge in [0.1, 0.15) is 11.5 Å². The number of carboxylic acid groups (broad SMARTS) is 2. The molecule has 0 unspecified atom stereocenters. The van der Waals surface area contributed by atoms with Crippen molar-refractivity contribution in [2.24, 2.45) is 0 Å². The molecule has 1 heterocycles. The van der Waals surface area contributed by atoms with Crippen molar-refractivity contribution in [1.29, 1.82) is 0 Å². The van der Waals surface area contributed by atoms with Crippen molar-refractivity contribution in [3.05, 3.63) is 53.1 Å². The van der Waals surface area contributed by atoms with Gasteiger partial charge in [-0.15, -0.1) is 0 Å². The van der Waals surface area contributed by atoms with Crippen LogP contribution in [0.15, 0.2) is 47.4 Å².